The summed E-state index contributed by atoms with van der Waals surface area (Å²) in [5.41, 5.74) is 1.25. The zero-order valence-corrected chi connectivity index (χ0v) is 10.9. The van der Waals surface area contributed by atoms with E-state index in [4.69, 9.17) is 0 Å². The predicted molar refractivity (Wildman–Crippen MR) is 68.3 cm³/mol. The molecule has 1 heterocycles. The molecule has 0 aliphatic carbocycles. The van der Waals surface area contributed by atoms with E-state index in [1.807, 2.05) is 18.2 Å². The molecule has 4 heteroatoms. The molecule has 88 valence electrons. The second-order valence-corrected chi connectivity index (χ2v) is 5.15. The van der Waals surface area contributed by atoms with Crippen LogP contribution in [0.3, 0.4) is 0 Å². The lowest BCUT2D eigenvalue weighted by atomic mass is 10.1. The van der Waals surface area contributed by atoms with E-state index in [-0.39, 0.29) is 12.1 Å². The van der Waals surface area contributed by atoms with Gasteiger partial charge < -0.3 is 10.4 Å². The fourth-order valence-electron chi connectivity index (χ4n) is 2.11. The Kier molecular flexibility index (Phi) is 3.97. The van der Waals surface area contributed by atoms with Gasteiger partial charge in [0.2, 0.25) is 0 Å². The van der Waals surface area contributed by atoms with E-state index < -0.39 is 0 Å². The van der Waals surface area contributed by atoms with Gasteiger partial charge in [-0.25, -0.2) is 0 Å². The number of benzene rings is 1. The lowest BCUT2D eigenvalue weighted by Gasteiger charge is -2.26. The van der Waals surface area contributed by atoms with Crippen molar-refractivity contribution in [2.24, 2.45) is 0 Å². The predicted octanol–water partition coefficient (Wildman–Crippen LogP) is 1.21. The molecule has 0 saturated carbocycles. The van der Waals surface area contributed by atoms with Gasteiger partial charge in [-0.15, -0.1) is 0 Å². The number of aliphatic hydroxyl groups excluding tert-OH is 1. The maximum absolute atomic E-state index is 9.79. The normalized spacial score (nSPS) is 25.2. The summed E-state index contributed by atoms with van der Waals surface area (Å²) in [5.74, 6) is 0. The molecule has 3 nitrogen and oxygen atoms in total. The van der Waals surface area contributed by atoms with Gasteiger partial charge in [0, 0.05) is 30.1 Å². The minimum Gasteiger partial charge on any atom is -0.390 e. The number of aliphatic hydroxyl groups is 1. The average Bonchev–Trinajstić information content (AvgIpc) is 2.68. The molecule has 0 spiro atoms. The van der Waals surface area contributed by atoms with Crippen molar-refractivity contribution >= 4 is 15.9 Å². The average molecular weight is 285 g/mol. The quantitative estimate of drug-likeness (QED) is 0.876. The zero-order chi connectivity index (χ0) is 11.5. The van der Waals surface area contributed by atoms with Crippen molar-refractivity contribution in [1.82, 2.24) is 10.2 Å². The first-order valence-corrected chi connectivity index (χ1v) is 6.30. The van der Waals surface area contributed by atoms with Crippen LogP contribution < -0.4 is 5.32 Å². The third kappa shape index (κ3) is 2.63. The lowest BCUT2D eigenvalue weighted by Crippen LogP contribution is -2.40. The highest BCUT2D eigenvalue weighted by Gasteiger charge is 2.28. The highest BCUT2D eigenvalue weighted by atomic mass is 79.9. The summed E-state index contributed by atoms with van der Waals surface area (Å²) in [6.45, 7) is 2.41. The molecule has 0 bridgehead atoms. The van der Waals surface area contributed by atoms with Gasteiger partial charge in [0.05, 0.1) is 6.10 Å². The van der Waals surface area contributed by atoms with E-state index in [0.29, 0.717) is 6.54 Å². The molecule has 2 atom stereocenters. The largest absolute Gasteiger partial charge is 0.390 e. The molecule has 0 amide bonds. The number of hydrogen-bond acceptors (Lipinski definition) is 3. The molecule has 1 aromatic rings. The molecule has 1 aromatic carbocycles. The van der Waals surface area contributed by atoms with Gasteiger partial charge in [-0.3, -0.25) is 4.90 Å². The van der Waals surface area contributed by atoms with Crippen LogP contribution >= 0.6 is 15.9 Å². The Morgan fingerprint density at radius 1 is 1.44 bits per heavy atom. The van der Waals surface area contributed by atoms with E-state index in [9.17, 15) is 5.11 Å². The van der Waals surface area contributed by atoms with Gasteiger partial charge in [0.1, 0.15) is 0 Å². The van der Waals surface area contributed by atoms with Crippen LogP contribution in [-0.2, 0) is 6.54 Å². The molecule has 2 N–H and O–H groups in total. The number of rotatable bonds is 3. The third-order valence-electron chi connectivity index (χ3n) is 3.09. The van der Waals surface area contributed by atoms with Crippen LogP contribution in [0.2, 0.25) is 0 Å². The van der Waals surface area contributed by atoms with E-state index in [1.54, 1.807) is 0 Å². The Balaban J connectivity index is 2.02. The molecule has 1 saturated heterocycles. The number of hydrogen-bond donors (Lipinski definition) is 2. The Morgan fingerprint density at radius 2 is 2.19 bits per heavy atom. The smallest absolute Gasteiger partial charge is 0.0831 e. The van der Waals surface area contributed by atoms with Crippen molar-refractivity contribution < 1.29 is 5.11 Å². The molecule has 2 unspecified atom stereocenters. The van der Waals surface area contributed by atoms with Gasteiger partial charge in [0.25, 0.3) is 0 Å². The topological polar surface area (TPSA) is 35.5 Å². The molecule has 16 heavy (non-hydrogen) atoms. The second kappa shape index (κ2) is 5.27. The first kappa shape index (κ1) is 12.0. The standard InChI is InChI=1S/C12H17BrN2O/c1-15(11-6-14-7-12(11)16)8-9-4-2-3-5-10(9)13/h2-5,11-12,14,16H,6-8H2,1H3. The zero-order valence-electron chi connectivity index (χ0n) is 9.36. The summed E-state index contributed by atoms with van der Waals surface area (Å²) in [6, 6.07) is 8.42. The highest BCUT2D eigenvalue weighted by Crippen LogP contribution is 2.19. The van der Waals surface area contributed by atoms with Crippen LogP contribution in [0, 0.1) is 0 Å². The van der Waals surface area contributed by atoms with Crippen LogP contribution in [0.5, 0.6) is 0 Å². The number of likely N-dealkylation sites (N-methyl/N-ethyl adjacent to an activating group) is 1. The molecule has 2 rings (SSSR count). The maximum atomic E-state index is 9.79. The van der Waals surface area contributed by atoms with Crippen LogP contribution in [-0.4, -0.2) is 42.3 Å². The maximum Gasteiger partial charge on any atom is 0.0831 e. The molecule has 1 aliphatic heterocycles. The summed E-state index contributed by atoms with van der Waals surface area (Å²) in [4.78, 5) is 2.20. The van der Waals surface area contributed by atoms with Crippen LogP contribution in [0.25, 0.3) is 0 Å². The lowest BCUT2D eigenvalue weighted by molar-refractivity contribution is 0.0954. The molecule has 0 aromatic heterocycles. The third-order valence-corrected chi connectivity index (χ3v) is 3.87. The Labute approximate surface area is 105 Å². The van der Waals surface area contributed by atoms with Crippen molar-refractivity contribution in [3.8, 4) is 0 Å². The SMILES string of the molecule is CN(Cc1ccccc1Br)C1CNCC1O. The van der Waals surface area contributed by atoms with Gasteiger partial charge in [0.15, 0.2) is 0 Å². The van der Waals surface area contributed by atoms with Gasteiger partial charge in [-0.2, -0.15) is 0 Å². The molecular weight excluding hydrogens is 268 g/mol. The summed E-state index contributed by atoms with van der Waals surface area (Å²) in [5, 5.41) is 13.0. The first-order chi connectivity index (χ1) is 7.68. The van der Waals surface area contributed by atoms with Gasteiger partial charge in [-0.05, 0) is 18.7 Å². The summed E-state index contributed by atoms with van der Waals surface area (Å²) in [7, 11) is 2.06. The summed E-state index contributed by atoms with van der Waals surface area (Å²) < 4.78 is 1.13. The van der Waals surface area contributed by atoms with Crippen molar-refractivity contribution in [1.29, 1.82) is 0 Å². The van der Waals surface area contributed by atoms with Gasteiger partial charge in [-0.1, -0.05) is 34.1 Å². The molecule has 0 radical (unpaired) electrons. The second-order valence-electron chi connectivity index (χ2n) is 4.30. The summed E-state index contributed by atoms with van der Waals surface area (Å²) in [6.07, 6.45) is -0.257. The fourth-order valence-corrected chi connectivity index (χ4v) is 2.52. The minimum atomic E-state index is -0.257. The number of nitrogens with zero attached hydrogens (tertiary/aromatic N) is 1. The van der Waals surface area contributed by atoms with E-state index in [0.717, 1.165) is 17.6 Å². The van der Waals surface area contributed by atoms with Crippen molar-refractivity contribution in [2.45, 2.75) is 18.7 Å². The van der Waals surface area contributed by atoms with Crippen LogP contribution in [0.4, 0.5) is 0 Å². The van der Waals surface area contributed by atoms with Crippen molar-refractivity contribution in [2.75, 3.05) is 20.1 Å². The Hall–Kier alpha value is -0.420. The number of halogens is 1. The molecular formula is C12H17BrN2O. The minimum absolute atomic E-state index is 0.215. The molecule has 1 fully saturated rings. The van der Waals surface area contributed by atoms with Crippen molar-refractivity contribution in [3.63, 3.8) is 0 Å². The van der Waals surface area contributed by atoms with Crippen LogP contribution in [0.1, 0.15) is 5.56 Å². The van der Waals surface area contributed by atoms with Gasteiger partial charge >= 0.3 is 0 Å². The Morgan fingerprint density at radius 3 is 2.81 bits per heavy atom. The number of β-amino-alcohol motifs (C(OH)–C–C–N with tert-alkyl or cyclic N) is 1. The number of nitrogens with one attached hydrogen (secondary N) is 1. The summed E-state index contributed by atoms with van der Waals surface area (Å²) >= 11 is 3.54. The van der Waals surface area contributed by atoms with Crippen molar-refractivity contribution in [3.05, 3.63) is 34.3 Å². The van der Waals surface area contributed by atoms with Crippen LogP contribution in [0.15, 0.2) is 28.7 Å². The highest BCUT2D eigenvalue weighted by molar-refractivity contribution is 9.10. The van der Waals surface area contributed by atoms with E-state index in [2.05, 4.69) is 39.3 Å². The Bertz CT molecular complexity index is 359. The fraction of sp³-hybridized carbons (Fsp3) is 0.500. The molecule has 1 aliphatic rings. The monoisotopic (exact) mass is 284 g/mol. The first-order valence-electron chi connectivity index (χ1n) is 5.51. The van der Waals surface area contributed by atoms with E-state index >= 15 is 0 Å². The van der Waals surface area contributed by atoms with E-state index in [1.165, 1.54) is 5.56 Å².